The molecule has 0 saturated heterocycles. The molecule has 0 fully saturated rings. The molecule has 2 N–H and O–H groups in total. The van der Waals surface area contributed by atoms with Crippen LogP contribution in [0, 0.1) is 0 Å². The van der Waals surface area contributed by atoms with Crippen LogP contribution in [0.5, 0.6) is 0 Å². The molecule has 0 aliphatic heterocycles. The fourth-order valence-electron chi connectivity index (χ4n) is 3.75. The van der Waals surface area contributed by atoms with Gasteiger partial charge in [-0.15, -0.1) is 0 Å². The second kappa shape index (κ2) is 10.8. The number of ketones is 1. The van der Waals surface area contributed by atoms with E-state index in [2.05, 4.69) is 15.0 Å². The SMILES string of the molecule is O=C(Nc1nc(-c2ccccc2)c(C(=O)c2ccccc2)s1)c1cccc(NS(=O)(=O)c2ccccc2)c1. The largest absolute Gasteiger partial charge is 0.298 e. The summed E-state index contributed by atoms with van der Waals surface area (Å²) in [5.74, 6) is -0.683. The van der Waals surface area contributed by atoms with Gasteiger partial charge in [0.2, 0.25) is 5.78 Å². The number of amides is 1. The van der Waals surface area contributed by atoms with E-state index in [9.17, 15) is 18.0 Å². The molecule has 0 saturated carbocycles. The second-order valence-corrected chi connectivity index (χ2v) is 10.9. The maximum atomic E-state index is 13.3. The number of rotatable bonds is 8. The van der Waals surface area contributed by atoms with Crippen molar-refractivity contribution >= 4 is 43.9 Å². The predicted octanol–water partition coefficient (Wildman–Crippen LogP) is 6.09. The van der Waals surface area contributed by atoms with Crippen molar-refractivity contribution in [3.8, 4) is 11.3 Å². The maximum absolute atomic E-state index is 13.3. The average Bonchev–Trinajstić information content (AvgIpc) is 3.37. The molecule has 9 heteroatoms. The molecular formula is C29H21N3O4S2. The maximum Gasteiger partial charge on any atom is 0.261 e. The molecule has 1 aromatic heterocycles. The highest BCUT2D eigenvalue weighted by atomic mass is 32.2. The average molecular weight is 540 g/mol. The third kappa shape index (κ3) is 5.54. The van der Waals surface area contributed by atoms with Gasteiger partial charge in [-0.1, -0.05) is 96.3 Å². The Hall–Kier alpha value is -4.60. The van der Waals surface area contributed by atoms with E-state index in [1.54, 1.807) is 60.7 Å². The van der Waals surface area contributed by atoms with Crippen LogP contribution in [0.25, 0.3) is 11.3 Å². The van der Waals surface area contributed by atoms with Crippen LogP contribution in [0.2, 0.25) is 0 Å². The number of hydrogen-bond donors (Lipinski definition) is 2. The quantitative estimate of drug-likeness (QED) is 0.232. The zero-order valence-corrected chi connectivity index (χ0v) is 21.5. The fourth-order valence-corrected chi connectivity index (χ4v) is 5.76. The summed E-state index contributed by atoms with van der Waals surface area (Å²) in [5, 5.41) is 3.01. The second-order valence-electron chi connectivity index (χ2n) is 8.21. The number of nitrogens with one attached hydrogen (secondary N) is 2. The number of anilines is 2. The van der Waals surface area contributed by atoms with E-state index < -0.39 is 15.9 Å². The first-order valence-corrected chi connectivity index (χ1v) is 13.9. The first kappa shape index (κ1) is 25.1. The van der Waals surface area contributed by atoms with Crippen molar-refractivity contribution in [2.75, 3.05) is 10.0 Å². The van der Waals surface area contributed by atoms with Crippen LogP contribution in [0.15, 0.2) is 120 Å². The molecule has 5 aromatic rings. The van der Waals surface area contributed by atoms with Crippen molar-refractivity contribution in [3.63, 3.8) is 0 Å². The van der Waals surface area contributed by atoms with Gasteiger partial charge >= 0.3 is 0 Å². The highest BCUT2D eigenvalue weighted by Crippen LogP contribution is 2.33. The molecule has 188 valence electrons. The van der Waals surface area contributed by atoms with E-state index in [0.29, 0.717) is 16.1 Å². The summed E-state index contributed by atoms with van der Waals surface area (Å²) in [6, 6.07) is 32.3. The Morgan fingerprint density at radius 3 is 2.00 bits per heavy atom. The Labute approximate surface area is 223 Å². The van der Waals surface area contributed by atoms with Crippen LogP contribution in [0.1, 0.15) is 25.6 Å². The molecule has 0 spiro atoms. The fraction of sp³-hybridized carbons (Fsp3) is 0. The van der Waals surface area contributed by atoms with Crippen LogP contribution in [0.3, 0.4) is 0 Å². The number of benzene rings is 4. The van der Waals surface area contributed by atoms with Gasteiger partial charge < -0.3 is 0 Å². The normalized spacial score (nSPS) is 11.1. The summed E-state index contributed by atoms with van der Waals surface area (Å²) < 4.78 is 27.9. The highest BCUT2D eigenvalue weighted by Gasteiger charge is 2.22. The van der Waals surface area contributed by atoms with Gasteiger partial charge in [-0.3, -0.25) is 19.6 Å². The lowest BCUT2D eigenvalue weighted by atomic mass is 10.1. The first-order chi connectivity index (χ1) is 18.4. The third-order valence-corrected chi connectivity index (χ3v) is 7.93. The first-order valence-electron chi connectivity index (χ1n) is 11.6. The van der Waals surface area contributed by atoms with Crippen molar-refractivity contribution in [2.45, 2.75) is 4.90 Å². The molecule has 0 bridgehead atoms. The van der Waals surface area contributed by atoms with Gasteiger partial charge in [0.1, 0.15) is 4.88 Å². The minimum absolute atomic E-state index is 0.113. The summed E-state index contributed by atoms with van der Waals surface area (Å²) >= 11 is 1.09. The number of aromatic nitrogens is 1. The van der Waals surface area contributed by atoms with Crippen LogP contribution >= 0.6 is 11.3 Å². The molecule has 7 nitrogen and oxygen atoms in total. The Morgan fingerprint density at radius 1 is 0.711 bits per heavy atom. The molecule has 0 aliphatic rings. The Morgan fingerprint density at radius 2 is 1.32 bits per heavy atom. The van der Waals surface area contributed by atoms with Crippen molar-refractivity contribution in [1.82, 2.24) is 4.98 Å². The summed E-state index contributed by atoms with van der Waals surface area (Å²) in [4.78, 5) is 31.5. The van der Waals surface area contributed by atoms with Crippen LogP contribution in [-0.2, 0) is 10.0 Å². The van der Waals surface area contributed by atoms with Crippen LogP contribution < -0.4 is 10.0 Å². The number of carbonyl (C=O) groups excluding carboxylic acids is 2. The van der Waals surface area contributed by atoms with Crippen molar-refractivity contribution in [3.05, 3.63) is 131 Å². The van der Waals surface area contributed by atoms with Gasteiger partial charge in [-0.05, 0) is 30.3 Å². The molecule has 1 heterocycles. The van der Waals surface area contributed by atoms with E-state index in [-0.39, 0.29) is 27.1 Å². The molecule has 0 atom stereocenters. The molecule has 0 radical (unpaired) electrons. The topological polar surface area (TPSA) is 105 Å². The molecule has 1 amide bonds. The lowest BCUT2D eigenvalue weighted by molar-refractivity contribution is 0.102. The summed E-state index contributed by atoms with van der Waals surface area (Å²) in [6.45, 7) is 0. The van der Waals surface area contributed by atoms with Gasteiger partial charge in [-0.2, -0.15) is 0 Å². The van der Waals surface area contributed by atoms with E-state index in [1.807, 2.05) is 36.4 Å². The Kier molecular flexibility index (Phi) is 7.12. The van der Waals surface area contributed by atoms with Gasteiger partial charge in [0.25, 0.3) is 15.9 Å². The Bertz CT molecular complexity index is 1700. The number of carbonyl (C=O) groups is 2. The summed E-state index contributed by atoms with van der Waals surface area (Å²) in [5.41, 5.74) is 2.21. The summed E-state index contributed by atoms with van der Waals surface area (Å²) in [7, 11) is -3.81. The molecule has 0 unspecified atom stereocenters. The van der Waals surface area contributed by atoms with Crippen molar-refractivity contribution in [2.24, 2.45) is 0 Å². The van der Waals surface area contributed by atoms with Crippen molar-refractivity contribution in [1.29, 1.82) is 0 Å². The predicted molar refractivity (Wildman–Crippen MR) is 149 cm³/mol. The molecular weight excluding hydrogens is 518 g/mol. The molecule has 4 aromatic carbocycles. The smallest absolute Gasteiger partial charge is 0.261 e. The number of hydrogen-bond acceptors (Lipinski definition) is 6. The minimum atomic E-state index is -3.81. The lowest BCUT2D eigenvalue weighted by Crippen LogP contribution is -2.15. The highest BCUT2D eigenvalue weighted by molar-refractivity contribution is 7.92. The van der Waals surface area contributed by atoms with Gasteiger partial charge in [-0.25, -0.2) is 13.4 Å². The van der Waals surface area contributed by atoms with Crippen LogP contribution in [0.4, 0.5) is 10.8 Å². The minimum Gasteiger partial charge on any atom is -0.298 e. The monoisotopic (exact) mass is 539 g/mol. The van der Waals surface area contributed by atoms with Gasteiger partial charge in [0, 0.05) is 22.4 Å². The van der Waals surface area contributed by atoms with Gasteiger partial charge in [0.05, 0.1) is 10.6 Å². The summed E-state index contributed by atoms with van der Waals surface area (Å²) in [6.07, 6.45) is 0. The number of thiazole rings is 1. The van der Waals surface area contributed by atoms with Crippen molar-refractivity contribution < 1.29 is 18.0 Å². The zero-order valence-electron chi connectivity index (χ0n) is 19.9. The van der Waals surface area contributed by atoms with Crippen LogP contribution in [-0.4, -0.2) is 25.1 Å². The van der Waals surface area contributed by atoms with E-state index in [1.165, 1.54) is 18.2 Å². The Balaban J connectivity index is 1.41. The molecule has 5 rings (SSSR count). The zero-order chi connectivity index (χ0) is 26.5. The molecule has 38 heavy (non-hydrogen) atoms. The number of nitrogens with zero attached hydrogens (tertiary/aromatic N) is 1. The lowest BCUT2D eigenvalue weighted by Gasteiger charge is -2.09. The number of sulfonamides is 1. The van der Waals surface area contributed by atoms with E-state index in [4.69, 9.17) is 0 Å². The van der Waals surface area contributed by atoms with E-state index in [0.717, 1.165) is 16.9 Å². The third-order valence-electron chi connectivity index (χ3n) is 5.57. The standard InChI is InChI=1S/C29H21N3O4S2/c33-26(21-13-6-2-7-14-21)27-25(20-11-4-1-5-12-20)30-29(37-27)31-28(34)22-15-10-16-23(19-22)32-38(35,36)24-17-8-3-9-18-24/h1-19,32H,(H,30,31,34). The van der Waals surface area contributed by atoms with Gasteiger partial charge in [0.15, 0.2) is 5.13 Å². The molecule has 0 aliphatic carbocycles. The van der Waals surface area contributed by atoms with E-state index >= 15 is 0 Å².